The van der Waals surface area contributed by atoms with Crippen LogP contribution in [0.3, 0.4) is 0 Å². The van der Waals surface area contributed by atoms with Gasteiger partial charge in [0.2, 0.25) is 0 Å². The van der Waals surface area contributed by atoms with Crippen LogP contribution in [0.4, 0.5) is 0 Å². The van der Waals surface area contributed by atoms with Gasteiger partial charge in [-0.15, -0.1) is 0 Å². The maximum atomic E-state index is 5.33. The molecule has 2 saturated carbocycles. The van der Waals surface area contributed by atoms with Crippen LogP contribution in [-0.2, 0) is 0 Å². The Morgan fingerprint density at radius 3 is 2.52 bits per heavy atom. The number of ether oxygens (including phenoxy) is 1. The maximum Gasteiger partial charge on any atom is 0.119 e. The van der Waals surface area contributed by atoms with E-state index in [4.69, 9.17) is 4.74 Å². The van der Waals surface area contributed by atoms with E-state index in [1.165, 1.54) is 56.9 Å². The van der Waals surface area contributed by atoms with E-state index >= 15 is 0 Å². The van der Waals surface area contributed by atoms with E-state index in [1.54, 1.807) is 7.11 Å². The Kier molecular flexibility index (Phi) is 4.54. The van der Waals surface area contributed by atoms with Crippen molar-refractivity contribution < 1.29 is 4.74 Å². The van der Waals surface area contributed by atoms with Gasteiger partial charge in [-0.2, -0.15) is 0 Å². The number of hydrogen-bond acceptors (Lipinski definition) is 2. The average molecular weight is 287 g/mol. The third kappa shape index (κ3) is 3.42. The first-order chi connectivity index (χ1) is 10.2. The molecule has 0 aromatic heterocycles. The van der Waals surface area contributed by atoms with Gasteiger partial charge in [0.25, 0.3) is 0 Å². The van der Waals surface area contributed by atoms with E-state index < -0.39 is 0 Å². The number of methoxy groups -OCH3 is 1. The van der Waals surface area contributed by atoms with Gasteiger partial charge in [-0.1, -0.05) is 25.0 Å². The molecule has 1 atom stereocenters. The molecular weight excluding hydrogens is 258 g/mol. The topological polar surface area (TPSA) is 21.3 Å². The Balaban J connectivity index is 1.54. The number of nitrogens with one attached hydrogen (secondary N) is 1. The summed E-state index contributed by atoms with van der Waals surface area (Å²) in [4.78, 5) is 0. The molecule has 0 bridgehead atoms. The first-order valence-electron chi connectivity index (χ1n) is 8.61. The van der Waals surface area contributed by atoms with Crippen molar-refractivity contribution in [2.45, 2.75) is 70.4 Å². The number of benzene rings is 1. The lowest BCUT2D eigenvalue weighted by molar-refractivity contribution is 0.164. The van der Waals surface area contributed by atoms with Gasteiger partial charge in [0.1, 0.15) is 5.75 Å². The van der Waals surface area contributed by atoms with Crippen LogP contribution in [0.15, 0.2) is 24.3 Å². The Morgan fingerprint density at radius 1 is 1.14 bits per heavy atom. The van der Waals surface area contributed by atoms with E-state index in [0.29, 0.717) is 12.1 Å². The molecule has 21 heavy (non-hydrogen) atoms. The average Bonchev–Trinajstić information content (AvgIpc) is 2.98. The lowest BCUT2D eigenvalue weighted by Gasteiger charge is -2.38. The lowest BCUT2D eigenvalue weighted by Crippen LogP contribution is -2.37. The predicted molar refractivity (Wildman–Crippen MR) is 87.7 cm³/mol. The molecule has 1 N–H and O–H groups in total. The third-order valence-corrected chi connectivity index (χ3v) is 5.79. The summed E-state index contributed by atoms with van der Waals surface area (Å²) < 4.78 is 5.33. The highest BCUT2D eigenvalue weighted by Crippen LogP contribution is 2.49. The molecule has 1 spiro atoms. The van der Waals surface area contributed by atoms with Crippen molar-refractivity contribution in [2.24, 2.45) is 5.41 Å². The Morgan fingerprint density at radius 2 is 1.86 bits per heavy atom. The highest BCUT2D eigenvalue weighted by molar-refractivity contribution is 5.30. The van der Waals surface area contributed by atoms with Crippen molar-refractivity contribution in [3.8, 4) is 5.75 Å². The van der Waals surface area contributed by atoms with Crippen LogP contribution in [0.1, 0.15) is 69.9 Å². The monoisotopic (exact) mass is 287 g/mol. The summed E-state index contributed by atoms with van der Waals surface area (Å²) in [6.45, 7) is 2.27. The van der Waals surface area contributed by atoms with Gasteiger partial charge in [-0.25, -0.2) is 0 Å². The molecule has 0 aliphatic heterocycles. The largest absolute Gasteiger partial charge is 0.497 e. The molecular formula is C19H29NO. The molecule has 0 heterocycles. The third-order valence-electron chi connectivity index (χ3n) is 5.79. The van der Waals surface area contributed by atoms with Crippen LogP contribution >= 0.6 is 0 Å². The normalized spacial score (nSPS) is 23.3. The fourth-order valence-electron chi connectivity index (χ4n) is 4.38. The summed E-state index contributed by atoms with van der Waals surface area (Å²) in [7, 11) is 1.74. The van der Waals surface area contributed by atoms with Gasteiger partial charge in [0, 0.05) is 12.1 Å². The molecule has 3 rings (SSSR count). The second-order valence-corrected chi connectivity index (χ2v) is 7.15. The van der Waals surface area contributed by atoms with E-state index in [0.717, 1.165) is 11.2 Å². The zero-order chi connectivity index (χ0) is 14.7. The van der Waals surface area contributed by atoms with Gasteiger partial charge < -0.3 is 10.1 Å². The van der Waals surface area contributed by atoms with Crippen LogP contribution in [0, 0.1) is 5.41 Å². The first-order valence-corrected chi connectivity index (χ1v) is 8.61. The second-order valence-electron chi connectivity index (χ2n) is 7.15. The predicted octanol–water partition coefficient (Wildman–Crippen LogP) is 4.85. The van der Waals surface area contributed by atoms with Crippen LogP contribution in [0.2, 0.25) is 0 Å². The molecule has 2 fully saturated rings. The molecule has 116 valence electrons. The van der Waals surface area contributed by atoms with E-state index in [9.17, 15) is 0 Å². The molecule has 2 heteroatoms. The summed E-state index contributed by atoms with van der Waals surface area (Å²) in [6, 6.07) is 9.54. The number of rotatable bonds is 4. The van der Waals surface area contributed by atoms with Gasteiger partial charge >= 0.3 is 0 Å². The van der Waals surface area contributed by atoms with Crippen LogP contribution < -0.4 is 10.1 Å². The zero-order valence-corrected chi connectivity index (χ0v) is 13.5. The summed E-state index contributed by atoms with van der Waals surface area (Å²) in [5, 5.41) is 3.84. The molecule has 0 unspecified atom stereocenters. The van der Waals surface area contributed by atoms with Crippen molar-refractivity contribution >= 4 is 0 Å². The van der Waals surface area contributed by atoms with Crippen LogP contribution in [0.25, 0.3) is 0 Å². The molecule has 1 aromatic carbocycles. The molecule has 1 aromatic rings. The fraction of sp³-hybridized carbons (Fsp3) is 0.684. The van der Waals surface area contributed by atoms with Gasteiger partial charge in [-0.3, -0.25) is 0 Å². The smallest absolute Gasteiger partial charge is 0.119 e. The molecule has 0 amide bonds. The van der Waals surface area contributed by atoms with Crippen LogP contribution in [0.5, 0.6) is 5.75 Å². The fourth-order valence-corrected chi connectivity index (χ4v) is 4.38. The first kappa shape index (κ1) is 14.9. The van der Waals surface area contributed by atoms with E-state index in [2.05, 4.69) is 30.4 Å². The SMILES string of the molecule is COc1cccc([C@@H](C)NC2CCC3(CCCC3)CC2)c1. The van der Waals surface area contributed by atoms with Crippen molar-refractivity contribution in [2.75, 3.05) is 7.11 Å². The van der Waals surface area contributed by atoms with Crippen molar-refractivity contribution in [1.29, 1.82) is 0 Å². The molecule has 2 nitrogen and oxygen atoms in total. The quantitative estimate of drug-likeness (QED) is 0.855. The van der Waals surface area contributed by atoms with Crippen molar-refractivity contribution in [3.63, 3.8) is 0 Å². The standard InChI is InChI=1S/C19H29NO/c1-15(16-6-5-7-18(14-16)21-2)20-17-8-12-19(13-9-17)10-3-4-11-19/h5-7,14-15,17,20H,3-4,8-13H2,1-2H3/t15-/m1/s1. The van der Waals surface area contributed by atoms with Crippen molar-refractivity contribution in [3.05, 3.63) is 29.8 Å². The minimum absolute atomic E-state index is 0.405. The second kappa shape index (κ2) is 6.39. The summed E-state index contributed by atoms with van der Waals surface area (Å²) in [6.07, 6.45) is 11.5. The maximum absolute atomic E-state index is 5.33. The van der Waals surface area contributed by atoms with Crippen LogP contribution in [-0.4, -0.2) is 13.2 Å². The molecule has 2 aliphatic carbocycles. The Hall–Kier alpha value is -1.02. The highest BCUT2D eigenvalue weighted by Gasteiger charge is 2.37. The summed E-state index contributed by atoms with van der Waals surface area (Å²) >= 11 is 0. The Labute approximate surface area is 129 Å². The molecule has 0 saturated heterocycles. The zero-order valence-electron chi connectivity index (χ0n) is 13.5. The highest BCUT2D eigenvalue weighted by atomic mass is 16.5. The minimum Gasteiger partial charge on any atom is -0.497 e. The van der Waals surface area contributed by atoms with Gasteiger partial charge in [0.05, 0.1) is 7.11 Å². The van der Waals surface area contributed by atoms with Crippen molar-refractivity contribution in [1.82, 2.24) is 5.32 Å². The van der Waals surface area contributed by atoms with E-state index in [1.807, 2.05) is 6.07 Å². The Bertz CT molecular complexity index is 454. The number of hydrogen-bond donors (Lipinski definition) is 1. The van der Waals surface area contributed by atoms with Gasteiger partial charge in [-0.05, 0) is 68.6 Å². The minimum atomic E-state index is 0.405. The van der Waals surface area contributed by atoms with Gasteiger partial charge in [0.15, 0.2) is 0 Å². The summed E-state index contributed by atoms with van der Waals surface area (Å²) in [5.74, 6) is 0.953. The molecule has 2 aliphatic rings. The molecule has 0 radical (unpaired) electrons. The summed E-state index contributed by atoms with van der Waals surface area (Å²) in [5.41, 5.74) is 2.06. The lowest BCUT2D eigenvalue weighted by atomic mass is 9.71. The van der Waals surface area contributed by atoms with E-state index in [-0.39, 0.29) is 0 Å².